The number of benzene rings is 1. The maximum Gasteiger partial charge on any atom is 0.273 e. The summed E-state index contributed by atoms with van der Waals surface area (Å²) >= 11 is 0. The molecule has 1 amide bonds. The summed E-state index contributed by atoms with van der Waals surface area (Å²) < 4.78 is 5.50. The summed E-state index contributed by atoms with van der Waals surface area (Å²) in [5, 5.41) is 13.9. The highest BCUT2D eigenvalue weighted by Gasteiger charge is 2.23. The number of nitrogens with one attached hydrogen (secondary N) is 1. The number of nitrogens with zero attached hydrogens (tertiary/aromatic N) is 2. The van der Waals surface area contributed by atoms with Gasteiger partial charge in [-0.1, -0.05) is 6.07 Å². The van der Waals surface area contributed by atoms with Crippen LogP contribution in [0.15, 0.2) is 24.3 Å². The summed E-state index contributed by atoms with van der Waals surface area (Å²) in [4.78, 5) is 24.1. The van der Waals surface area contributed by atoms with E-state index in [2.05, 4.69) is 5.32 Å². The zero-order valence-corrected chi connectivity index (χ0v) is 11.2. The molecule has 1 aliphatic rings. The molecule has 1 fully saturated rings. The molecule has 0 aromatic heterocycles. The van der Waals surface area contributed by atoms with E-state index < -0.39 is 11.0 Å². The lowest BCUT2D eigenvalue weighted by atomic mass is 10.2. The van der Waals surface area contributed by atoms with Gasteiger partial charge in [-0.05, 0) is 13.0 Å². The molecule has 1 aromatic carbocycles. The number of hydrogen-bond donors (Lipinski definition) is 1. The van der Waals surface area contributed by atoms with Crippen molar-refractivity contribution in [2.45, 2.75) is 13.0 Å². The van der Waals surface area contributed by atoms with E-state index in [4.69, 9.17) is 4.74 Å². The Labute approximate surface area is 116 Å². The van der Waals surface area contributed by atoms with Gasteiger partial charge in [0.1, 0.15) is 5.75 Å². The molecule has 1 atom stereocenters. The number of rotatable bonds is 4. The number of nitro benzene ring substituents is 1. The summed E-state index contributed by atoms with van der Waals surface area (Å²) in [6.07, 6.45) is -0.657. The Morgan fingerprint density at radius 3 is 2.80 bits per heavy atom. The monoisotopic (exact) mass is 279 g/mol. The summed E-state index contributed by atoms with van der Waals surface area (Å²) in [6.45, 7) is 4.51. The molecule has 2 rings (SSSR count). The van der Waals surface area contributed by atoms with Crippen molar-refractivity contribution in [1.29, 1.82) is 0 Å². The number of non-ortho nitro benzene ring substituents is 1. The van der Waals surface area contributed by atoms with Crippen molar-refractivity contribution in [3.05, 3.63) is 34.4 Å². The van der Waals surface area contributed by atoms with Crippen LogP contribution in [0.3, 0.4) is 0 Å². The lowest BCUT2D eigenvalue weighted by Gasteiger charge is -2.29. The van der Waals surface area contributed by atoms with E-state index in [0.29, 0.717) is 18.8 Å². The van der Waals surface area contributed by atoms with Crippen molar-refractivity contribution in [2.24, 2.45) is 0 Å². The van der Waals surface area contributed by atoms with Gasteiger partial charge in [-0.3, -0.25) is 14.9 Å². The van der Waals surface area contributed by atoms with Gasteiger partial charge in [-0.2, -0.15) is 0 Å². The Balaban J connectivity index is 1.99. The maximum atomic E-state index is 12.2. The first-order chi connectivity index (χ1) is 9.58. The van der Waals surface area contributed by atoms with Gasteiger partial charge >= 0.3 is 0 Å². The predicted molar refractivity (Wildman–Crippen MR) is 72.6 cm³/mol. The van der Waals surface area contributed by atoms with Crippen molar-refractivity contribution < 1.29 is 14.5 Å². The molecule has 1 saturated heterocycles. The molecule has 1 heterocycles. The highest BCUT2D eigenvalue weighted by molar-refractivity contribution is 5.81. The van der Waals surface area contributed by atoms with Crippen LogP contribution in [0.1, 0.15) is 6.92 Å². The molecule has 0 saturated carbocycles. The van der Waals surface area contributed by atoms with Crippen LogP contribution in [0.2, 0.25) is 0 Å². The van der Waals surface area contributed by atoms with Crippen molar-refractivity contribution in [2.75, 3.05) is 26.2 Å². The molecule has 0 spiro atoms. The minimum atomic E-state index is -0.657. The van der Waals surface area contributed by atoms with Gasteiger partial charge in [-0.25, -0.2) is 0 Å². The van der Waals surface area contributed by atoms with E-state index in [1.807, 2.05) is 0 Å². The first-order valence-corrected chi connectivity index (χ1v) is 6.48. The number of carbonyl (C=O) groups excluding carboxylic acids is 1. The Morgan fingerprint density at radius 2 is 2.15 bits per heavy atom. The number of amides is 1. The van der Waals surface area contributed by atoms with Crippen molar-refractivity contribution in [1.82, 2.24) is 10.2 Å². The summed E-state index contributed by atoms with van der Waals surface area (Å²) in [7, 11) is 0. The molecule has 1 aliphatic heterocycles. The summed E-state index contributed by atoms with van der Waals surface area (Å²) in [5.41, 5.74) is -0.0516. The lowest BCUT2D eigenvalue weighted by Crippen LogP contribution is -2.50. The largest absolute Gasteiger partial charge is 0.481 e. The topological polar surface area (TPSA) is 84.7 Å². The first-order valence-electron chi connectivity index (χ1n) is 6.48. The molecule has 20 heavy (non-hydrogen) atoms. The summed E-state index contributed by atoms with van der Waals surface area (Å²) in [5.74, 6) is 0.230. The van der Waals surface area contributed by atoms with Crippen LogP contribution in [-0.4, -0.2) is 48.0 Å². The number of carbonyl (C=O) groups is 1. The standard InChI is InChI=1S/C13H17N3O4/c1-10(13(17)15-7-5-14-6-8-15)20-12-4-2-3-11(9-12)16(18)19/h2-4,9-10,14H,5-8H2,1H3. The number of nitro groups is 1. The van der Waals surface area contributed by atoms with Crippen LogP contribution in [0.4, 0.5) is 5.69 Å². The number of piperazine rings is 1. The van der Waals surface area contributed by atoms with Crippen molar-refractivity contribution >= 4 is 11.6 Å². The minimum absolute atomic E-state index is 0.0516. The fourth-order valence-corrected chi connectivity index (χ4v) is 2.07. The average Bonchev–Trinajstić information content (AvgIpc) is 2.47. The quantitative estimate of drug-likeness (QED) is 0.650. The van der Waals surface area contributed by atoms with Crippen LogP contribution in [0, 0.1) is 10.1 Å². The van der Waals surface area contributed by atoms with E-state index in [-0.39, 0.29) is 11.6 Å². The molecule has 7 nitrogen and oxygen atoms in total. The number of ether oxygens (including phenoxy) is 1. The Kier molecular flexibility index (Phi) is 4.52. The Hall–Kier alpha value is -2.15. The zero-order valence-electron chi connectivity index (χ0n) is 11.2. The molecule has 1 unspecified atom stereocenters. The van der Waals surface area contributed by atoms with Gasteiger partial charge in [0, 0.05) is 32.2 Å². The third-order valence-electron chi connectivity index (χ3n) is 3.12. The highest BCUT2D eigenvalue weighted by Crippen LogP contribution is 2.20. The molecular formula is C13H17N3O4. The van der Waals surface area contributed by atoms with Gasteiger partial charge in [0.15, 0.2) is 6.10 Å². The first kappa shape index (κ1) is 14.3. The van der Waals surface area contributed by atoms with Gasteiger partial charge in [0.2, 0.25) is 0 Å². The van der Waals surface area contributed by atoms with Gasteiger partial charge in [0.25, 0.3) is 11.6 Å². The average molecular weight is 279 g/mol. The van der Waals surface area contributed by atoms with E-state index in [0.717, 1.165) is 13.1 Å². The summed E-state index contributed by atoms with van der Waals surface area (Å²) in [6, 6.07) is 5.85. The third kappa shape index (κ3) is 3.45. The molecule has 0 radical (unpaired) electrons. The van der Waals surface area contributed by atoms with Gasteiger partial charge < -0.3 is 15.0 Å². The molecule has 1 aromatic rings. The molecule has 0 aliphatic carbocycles. The second kappa shape index (κ2) is 6.33. The second-order valence-corrected chi connectivity index (χ2v) is 4.59. The van der Waals surface area contributed by atoms with E-state index >= 15 is 0 Å². The number of hydrogen-bond acceptors (Lipinski definition) is 5. The van der Waals surface area contributed by atoms with Gasteiger partial charge in [-0.15, -0.1) is 0 Å². The van der Waals surface area contributed by atoms with Crippen molar-refractivity contribution in [3.63, 3.8) is 0 Å². The minimum Gasteiger partial charge on any atom is -0.481 e. The van der Waals surface area contributed by atoms with E-state index in [1.54, 1.807) is 17.9 Å². The normalized spacial score (nSPS) is 16.6. The third-order valence-corrected chi connectivity index (χ3v) is 3.12. The van der Waals surface area contributed by atoms with Crippen LogP contribution in [-0.2, 0) is 4.79 Å². The Bertz CT molecular complexity index is 500. The van der Waals surface area contributed by atoms with Crippen LogP contribution in [0.25, 0.3) is 0 Å². The highest BCUT2D eigenvalue weighted by atomic mass is 16.6. The molecular weight excluding hydrogens is 262 g/mol. The van der Waals surface area contributed by atoms with Crippen molar-refractivity contribution in [3.8, 4) is 5.75 Å². The molecule has 7 heteroatoms. The zero-order chi connectivity index (χ0) is 14.5. The van der Waals surface area contributed by atoms with Crippen LogP contribution < -0.4 is 10.1 Å². The molecule has 108 valence electrons. The fourth-order valence-electron chi connectivity index (χ4n) is 2.07. The predicted octanol–water partition coefficient (Wildman–Crippen LogP) is 0.794. The van der Waals surface area contributed by atoms with E-state index in [9.17, 15) is 14.9 Å². The lowest BCUT2D eigenvalue weighted by molar-refractivity contribution is -0.384. The fraction of sp³-hybridized carbons (Fsp3) is 0.462. The maximum absolute atomic E-state index is 12.2. The van der Waals surface area contributed by atoms with Crippen LogP contribution >= 0.6 is 0 Å². The van der Waals surface area contributed by atoms with E-state index in [1.165, 1.54) is 18.2 Å². The van der Waals surface area contributed by atoms with Gasteiger partial charge in [0.05, 0.1) is 11.0 Å². The Morgan fingerprint density at radius 1 is 1.45 bits per heavy atom. The smallest absolute Gasteiger partial charge is 0.273 e. The SMILES string of the molecule is CC(Oc1cccc([N+](=O)[O-])c1)C(=O)N1CCNCC1. The second-order valence-electron chi connectivity index (χ2n) is 4.59. The van der Waals surface area contributed by atoms with Crippen LogP contribution in [0.5, 0.6) is 5.75 Å². The molecule has 0 bridgehead atoms. The molecule has 1 N–H and O–H groups in total.